The number of rotatable bonds is 23. The Morgan fingerprint density at radius 2 is 1.34 bits per heavy atom. The van der Waals surface area contributed by atoms with Crippen LogP contribution < -0.4 is 5.32 Å². The average molecular weight is 572 g/mol. The standard InChI is InChI=1S/C33H49NO7/c1-2-3-4-5-6-7-8-9-10-11-12-13-14-15-16-18-32(38)40-25-17-26-41-33(39)22-21-31(37)34-24-23-28-19-20-29(35)30(36)27-28/h6-7,9-10,12-13,19-20,27,35-36H,2-5,8,11,14-18,21-26H2,1H3,(H,34,37). The third-order valence-electron chi connectivity index (χ3n) is 6.17. The van der Waals surface area contributed by atoms with Gasteiger partial charge in [0.1, 0.15) is 0 Å². The average Bonchev–Trinajstić information content (AvgIpc) is 2.95. The minimum Gasteiger partial charge on any atom is -0.504 e. The van der Waals surface area contributed by atoms with E-state index in [0.29, 0.717) is 25.8 Å². The van der Waals surface area contributed by atoms with Gasteiger partial charge in [0.25, 0.3) is 0 Å². The Morgan fingerprint density at radius 3 is 1.98 bits per heavy atom. The Kier molecular flexibility index (Phi) is 21.0. The summed E-state index contributed by atoms with van der Waals surface area (Å²) < 4.78 is 10.3. The van der Waals surface area contributed by atoms with Crippen LogP contribution in [0.3, 0.4) is 0 Å². The number of phenolic OH excluding ortho intramolecular Hbond substituents is 2. The molecule has 0 bridgehead atoms. The Bertz CT molecular complexity index is 968. The summed E-state index contributed by atoms with van der Waals surface area (Å²) in [7, 11) is 0. The number of hydrogen-bond donors (Lipinski definition) is 3. The zero-order valence-corrected chi connectivity index (χ0v) is 24.7. The summed E-state index contributed by atoms with van der Waals surface area (Å²) in [5.41, 5.74) is 0.767. The monoisotopic (exact) mass is 571 g/mol. The number of benzene rings is 1. The summed E-state index contributed by atoms with van der Waals surface area (Å²) in [5.74, 6) is -1.40. The van der Waals surface area contributed by atoms with Gasteiger partial charge in [-0.15, -0.1) is 0 Å². The molecule has 3 N–H and O–H groups in total. The molecule has 41 heavy (non-hydrogen) atoms. The number of phenols is 2. The van der Waals surface area contributed by atoms with Crippen molar-refractivity contribution in [1.82, 2.24) is 5.32 Å². The van der Waals surface area contributed by atoms with E-state index in [1.54, 1.807) is 6.07 Å². The van der Waals surface area contributed by atoms with Crippen molar-refractivity contribution in [3.8, 4) is 11.5 Å². The van der Waals surface area contributed by atoms with Gasteiger partial charge in [-0.2, -0.15) is 0 Å². The van der Waals surface area contributed by atoms with Crippen LogP contribution in [0.15, 0.2) is 54.7 Å². The number of carbonyl (C=O) groups excluding carboxylic acids is 3. The second-order valence-electron chi connectivity index (χ2n) is 9.84. The fraction of sp³-hybridized carbons (Fsp3) is 0.545. The highest BCUT2D eigenvalue weighted by molar-refractivity contribution is 5.81. The third-order valence-corrected chi connectivity index (χ3v) is 6.17. The quantitative estimate of drug-likeness (QED) is 0.0585. The van der Waals surface area contributed by atoms with E-state index in [4.69, 9.17) is 9.47 Å². The summed E-state index contributed by atoms with van der Waals surface area (Å²) >= 11 is 0. The molecule has 0 spiro atoms. The van der Waals surface area contributed by atoms with Gasteiger partial charge in [-0.05, 0) is 69.1 Å². The molecule has 8 nitrogen and oxygen atoms in total. The van der Waals surface area contributed by atoms with Crippen LogP contribution in [-0.4, -0.2) is 47.8 Å². The first-order valence-electron chi connectivity index (χ1n) is 15.0. The lowest BCUT2D eigenvalue weighted by Gasteiger charge is -2.07. The number of amides is 1. The Morgan fingerprint density at radius 1 is 0.732 bits per heavy atom. The smallest absolute Gasteiger partial charge is 0.306 e. The number of hydrogen-bond acceptors (Lipinski definition) is 7. The van der Waals surface area contributed by atoms with Gasteiger partial charge in [-0.1, -0.05) is 62.3 Å². The number of carbonyl (C=O) groups is 3. The fourth-order valence-corrected chi connectivity index (χ4v) is 3.77. The van der Waals surface area contributed by atoms with Crippen LogP contribution in [0.4, 0.5) is 0 Å². The lowest BCUT2D eigenvalue weighted by Crippen LogP contribution is -2.26. The zero-order valence-electron chi connectivity index (χ0n) is 24.7. The van der Waals surface area contributed by atoms with Crippen LogP contribution in [0.5, 0.6) is 11.5 Å². The van der Waals surface area contributed by atoms with Gasteiger partial charge in [-0.25, -0.2) is 0 Å². The third kappa shape index (κ3) is 20.9. The van der Waals surface area contributed by atoms with Crippen LogP contribution >= 0.6 is 0 Å². The lowest BCUT2D eigenvalue weighted by atomic mass is 10.1. The maximum atomic E-state index is 11.9. The molecule has 1 aromatic rings. The lowest BCUT2D eigenvalue weighted by molar-refractivity contribution is -0.147. The number of aromatic hydroxyl groups is 2. The van der Waals surface area contributed by atoms with Crippen molar-refractivity contribution in [2.75, 3.05) is 19.8 Å². The zero-order chi connectivity index (χ0) is 30.0. The Hall–Kier alpha value is -3.55. The van der Waals surface area contributed by atoms with Crippen molar-refractivity contribution in [3.05, 3.63) is 60.2 Å². The van der Waals surface area contributed by atoms with Gasteiger partial charge >= 0.3 is 11.9 Å². The predicted octanol–water partition coefficient (Wildman–Crippen LogP) is 6.60. The van der Waals surface area contributed by atoms with Gasteiger partial charge in [0.2, 0.25) is 5.91 Å². The highest BCUT2D eigenvalue weighted by Gasteiger charge is 2.09. The number of unbranched alkanes of at least 4 members (excludes halogenated alkanes) is 5. The van der Waals surface area contributed by atoms with E-state index >= 15 is 0 Å². The largest absolute Gasteiger partial charge is 0.504 e. The summed E-state index contributed by atoms with van der Waals surface area (Å²) in [5, 5.41) is 21.5. The molecule has 0 aliphatic heterocycles. The van der Waals surface area contributed by atoms with E-state index in [1.165, 1.54) is 37.8 Å². The van der Waals surface area contributed by atoms with Crippen molar-refractivity contribution < 1.29 is 34.1 Å². The first-order valence-corrected chi connectivity index (χ1v) is 15.0. The molecular weight excluding hydrogens is 522 g/mol. The van der Waals surface area contributed by atoms with E-state index in [-0.39, 0.29) is 49.4 Å². The summed E-state index contributed by atoms with van der Waals surface area (Å²) in [6.45, 7) is 2.89. The molecule has 0 aliphatic rings. The number of nitrogens with one attached hydrogen (secondary N) is 1. The molecule has 0 fully saturated rings. The van der Waals surface area contributed by atoms with Crippen LogP contribution in [0.2, 0.25) is 0 Å². The molecular formula is C33H49NO7. The highest BCUT2D eigenvalue weighted by Crippen LogP contribution is 2.24. The second kappa shape index (κ2) is 24.3. The van der Waals surface area contributed by atoms with Crippen molar-refractivity contribution in [3.63, 3.8) is 0 Å². The normalized spacial score (nSPS) is 11.4. The van der Waals surface area contributed by atoms with Crippen molar-refractivity contribution in [1.29, 1.82) is 0 Å². The van der Waals surface area contributed by atoms with Crippen LogP contribution in [0, 0.1) is 0 Å². The molecule has 8 heteroatoms. The molecule has 1 rings (SSSR count). The SMILES string of the molecule is CCCCCC=CCC=CCC=CCCCCC(=O)OCCCOC(=O)CCC(=O)NCCc1ccc(O)c(O)c1. The predicted molar refractivity (Wildman–Crippen MR) is 162 cm³/mol. The molecule has 0 heterocycles. The molecule has 0 unspecified atom stereocenters. The second-order valence-corrected chi connectivity index (χ2v) is 9.84. The van der Waals surface area contributed by atoms with Crippen LogP contribution in [0.1, 0.15) is 96.0 Å². The van der Waals surface area contributed by atoms with E-state index in [9.17, 15) is 24.6 Å². The summed E-state index contributed by atoms with van der Waals surface area (Å²) in [4.78, 5) is 35.5. The molecule has 228 valence electrons. The molecule has 1 aromatic carbocycles. The molecule has 0 aromatic heterocycles. The molecule has 0 radical (unpaired) electrons. The first-order chi connectivity index (χ1) is 19.9. The van der Waals surface area contributed by atoms with Crippen molar-refractivity contribution >= 4 is 17.8 Å². The Balaban J connectivity index is 1.93. The van der Waals surface area contributed by atoms with Gasteiger partial charge in [0.15, 0.2) is 11.5 Å². The van der Waals surface area contributed by atoms with Crippen LogP contribution in [-0.2, 0) is 30.3 Å². The maximum Gasteiger partial charge on any atom is 0.306 e. The fourth-order valence-electron chi connectivity index (χ4n) is 3.77. The number of allylic oxidation sites excluding steroid dienone is 6. The minimum atomic E-state index is -0.479. The minimum absolute atomic E-state index is 0.0113. The van der Waals surface area contributed by atoms with Gasteiger partial charge in [-0.3, -0.25) is 14.4 Å². The first kappa shape index (κ1) is 35.5. The molecule has 1 amide bonds. The van der Waals surface area contributed by atoms with Gasteiger partial charge < -0.3 is 25.0 Å². The van der Waals surface area contributed by atoms with Crippen molar-refractivity contribution in [2.24, 2.45) is 0 Å². The molecule has 0 atom stereocenters. The van der Waals surface area contributed by atoms with E-state index in [1.807, 2.05) is 0 Å². The number of ether oxygens (including phenoxy) is 2. The van der Waals surface area contributed by atoms with Crippen LogP contribution in [0.25, 0.3) is 0 Å². The van der Waals surface area contributed by atoms with Gasteiger partial charge in [0, 0.05) is 25.8 Å². The number of esters is 2. The van der Waals surface area contributed by atoms with E-state index < -0.39 is 5.97 Å². The topological polar surface area (TPSA) is 122 Å². The Labute approximate surface area is 245 Å². The molecule has 0 saturated carbocycles. The highest BCUT2D eigenvalue weighted by atomic mass is 16.5. The molecule has 0 saturated heterocycles. The summed E-state index contributed by atoms with van der Waals surface area (Å²) in [6.07, 6.45) is 24.0. The van der Waals surface area contributed by atoms with Crippen molar-refractivity contribution in [2.45, 2.75) is 96.8 Å². The van der Waals surface area contributed by atoms with E-state index in [0.717, 1.165) is 37.7 Å². The van der Waals surface area contributed by atoms with Gasteiger partial charge in [0.05, 0.1) is 19.6 Å². The molecule has 0 aliphatic carbocycles. The van der Waals surface area contributed by atoms with E-state index in [2.05, 4.69) is 48.7 Å². The maximum absolute atomic E-state index is 11.9. The summed E-state index contributed by atoms with van der Waals surface area (Å²) in [6, 6.07) is 4.48.